The molecule has 2 nitrogen and oxygen atoms in total. The predicted molar refractivity (Wildman–Crippen MR) is 59.3 cm³/mol. The molecule has 0 atom stereocenters. The maximum Gasteiger partial charge on any atom is 0.0941 e. The van der Waals surface area contributed by atoms with Crippen LogP contribution < -0.4 is 0 Å². The molecule has 1 aromatic rings. The van der Waals surface area contributed by atoms with Gasteiger partial charge in [-0.15, -0.1) is 11.3 Å². The Morgan fingerprint density at radius 1 is 1.50 bits per heavy atom. The third-order valence-corrected chi connectivity index (χ3v) is 3.06. The molecule has 1 rings (SSSR count). The Bertz CT molecular complexity index is 334. The summed E-state index contributed by atoms with van der Waals surface area (Å²) in [6, 6.07) is 2.15. The number of thiazole rings is 1. The SMILES string of the molecule is Cc1sc(CCC#N)nc1CC(C)C. The highest BCUT2D eigenvalue weighted by atomic mass is 32.1. The van der Waals surface area contributed by atoms with E-state index in [0.29, 0.717) is 12.3 Å². The Morgan fingerprint density at radius 3 is 2.79 bits per heavy atom. The van der Waals surface area contributed by atoms with Crippen molar-refractivity contribution >= 4 is 11.3 Å². The van der Waals surface area contributed by atoms with E-state index < -0.39 is 0 Å². The lowest BCUT2D eigenvalue weighted by atomic mass is 10.1. The summed E-state index contributed by atoms with van der Waals surface area (Å²) in [6.07, 6.45) is 2.43. The van der Waals surface area contributed by atoms with Gasteiger partial charge in [0.25, 0.3) is 0 Å². The maximum absolute atomic E-state index is 8.48. The van der Waals surface area contributed by atoms with Gasteiger partial charge in [0, 0.05) is 17.7 Å². The highest BCUT2D eigenvalue weighted by Gasteiger charge is 2.08. The summed E-state index contributed by atoms with van der Waals surface area (Å²) >= 11 is 1.73. The molecule has 0 fully saturated rings. The summed E-state index contributed by atoms with van der Waals surface area (Å²) in [5.74, 6) is 0.652. The Labute approximate surface area is 89.6 Å². The molecule has 0 N–H and O–H groups in total. The number of rotatable bonds is 4. The van der Waals surface area contributed by atoms with E-state index in [-0.39, 0.29) is 0 Å². The fraction of sp³-hybridized carbons (Fsp3) is 0.636. The molecule has 0 aliphatic carbocycles. The van der Waals surface area contributed by atoms with Gasteiger partial charge in [0.05, 0.1) is 16.8 Å². The van der Waals surface area contributed by atoms with Crippen LogP contribution in [0.2, 0.25) is 0 Å². The van der Waals surface area contributed by atoms with Gasteiger partial charge in [-0.2, -0.15) is 5.26 Å². The van der Waals surface area contributed by atoms with Crippen LogP contribution in [0.5, 0.6) is 0 Å². The summed E-state index contributed by atoms with van der Waals surface area (Å²) in [5.41, 5.74) is 1.22. The lowest BCUT2D eigenvalue weighted by molar-refractivity contribution is 0.634. The van der Waals surface area contributed by atoms with Gasteiger partial charge in [-0.05, 0) is 19.3 Å². The predicted octanol–water partition coefficient (Wildman–Crippen LogP) is 3.11. The second-order valence-electron chi connectivity index (χ2n) is 3.87. The molecule has 0 saturated heterocycles. The number of hydrogen-bond donors (Lipinski definition) is 0. The van der Waals surface area contributed by atoms with Crippen LogP contribution >= 0.6 is 11.3 Å². The van der Waals surface area contributed by atoms with Gasteiger partial charge >= 0.3 is 0 Å². The highest BCUT2D eigenvalue weighted by molar-refractivity contribution is 7.11. The summed E-state index contributed by atoms with van der Waals surface area (Å²) < 4.78 is 0. The van der Waals surface area contributed by atoms with Crippen LogP contribution in [0, 0.1) is 24.2 Å². The van der Waals surface area contributed by atoms with Gasteiger partial charge in [-0.25, -0.2) is 4.98 Å². The Kier molecular flexibility index (Phi) is 4.09. The minimum atomic E-state index is 0.577. The van der Waals surface area contributed by atoms with Crippen LogP contribution in [0.4, 0.5) is 0 Å². The first-order valence-electron chi connectivity index (χ1n) is 4.95. The Morgan fingerprint density at radius 2 is 2.21 bits per heavy atom. The lowest BCUT2D eigenvalue weighted by Crippen LogP contribution is -1.96. The van der Waals surface area contributed by atoms with E-state index >= 15 is 0 Å². The van der Waals surface area contributed by atoms with Crippen molar-refractivity contribution < 1.29 is 0 Å². The van der Waals surface area contributed by atoms with Crippen LogP contribution in [-0.2, 0) is 12.8 Å². The van der Waals surface area contributed by atoms with Gasteiger partial charge in [-0.3, -0.25) is 0 Å². The third-order valence-electron chi connectivity index (χ3n) is 1.99. The number of nitrogens with zero attached hydrogens (tertiary/aromatic N) is 2. The van der Waals surface area contributed by atoms with E-state index in [2.05, 4.69) is 31.8 Å². The highest BCUT2D eigenvalue weighted by Crippen LogP contribution is 2.21. The molecule has 0 aliphatic rings. The summed E-state index contributed by atoms with van der Waals surface area (Å²) in [7, 11) is 0. The molecule has 0 bridgehead atoms. The normalized spacial score (nSPS) is 10.5. The van der Waals surface area contributed by atoms with Crippen LogP contribution in [0.3, 0.4) is 0 Å². The first-order chi connectivity index (χ1) is 6.63. The average Bonchev–Trinajstić information content (AvgIpc) is 2.43. The first-order valence-corrected chi connectivity index (χ1v) is 5.77. The molecule has 3 heteroatoms. The maximum atomic E-state index is 8.48. The van der Waals surface area contributed by atoms with Crippen LogP contribution in [0.1, 0.15) is 35.8 Å². The first kappa shape index (κ1) is 11.2. The number of hydrogen-bond acceptors (Lipinski definition) is 3. The lowest BCUT2D eigenvalue weighted by Gasteiger charge is -2.00. The number of nitriles is 1. The molecule has 0 aliphatic heterocycles. The molecule has 0 saturated carbocycles. The molecule has 0 radical (unpaired) electrons. The summed E-state index contributed by atoms with van der Waals surface area (Å²) in [6.45, 7) is 6.52. The molecule has 0 unspecified atom stereocenters. The fourth-order valence-corrected chi connectivity index (χ4v) is 2.29. The Balaban J connectivity index is 2.68. The van der Waals surface area contributed by atoms with Crippen molar-refractivity contribution in [1.29, 1.82) is 5.26 Å². The minimum Gasteiger partial charge on any atom is -0.246 e. The fourth-order valence-electron chi connectivity index (χ4n) is 1.33. The molecular formula is C11H16N2S. The molecule has 1 heterocycles. The van der Waals surface area contributed by atoms with Gasteiger partial charge in [0.1, 0.15) is 0 Å². The second-order valence-corrected chi connectivity index (χ2v) is 5.15. The smallest absolute Gasteiger partial charge is 0.0941 e. The van der Waals surface area contributed by atoms with Gasteiger partial charge in [0.2, 0.25) is 0 Å². The number of aromatic nitrogens is 1. The van der Waals surface area contributed by atoms with E-state index in [0.717, 1.165) is 17.8 Å². The van der Waals surface area contributed by atoms with Gasteiger partial charge in [-0.1, -0.05) is 13.8 Å². The molecule has 0 amide bonds. The molecule has 14 heavy (non-hydrogen) atoms. The monoisotopic (exact) mass is 208 g/mol. The van der Waals surface area contributed by atoms with Crippen molar-refractivity contribution in [3.05, 3.63) is 15.6 Å². The second kappa shape index (κ2) is 5.11. The third kappa shape index (κ3) is 3.12. The van der Waals surface area contributed by atoms with E-state index in [9.17, 15) is 0 Å². The van der Waals surface area contributed by atoms with E-state index in [1.54, 1.807) is 11.3 Å². The largest absolute Gasteiger partial charge is 0.246 e. The Hall–Kier alpha value is -0.880. The molecule has 0 aromatic carbocycles. The standard InChI is InChI=1S/C11H16N2S/c1-8(2)7-10-9(3)14-11(13-10)5-4-6-12/h8H,4-5,7H2,1-3H3. The summed E-state index contributed by atoms with van der Waals surface area (Å²) in [5, 5.41) is 9.59. The molecule has 1 aromatic heterocycles. The zero-order valence-electron chi connectivity index (χ0n) is 9.00. The molecule has 0 spiro atoms. The average molecular weight is 208 g/mol. The summed E-state index contributed by atoms with van der Waals surface area (Å²) in [4.78, 5) is 5.87. The molecule has 76 valence electrons. The van der Waals surface area contributed by atoms with Crippen molar-refractivity contribution in [1.82, 2.24) is 4.98 Å². The van der Waals surface area contributed by atoms with Crippen molar-refractivity contribution in [3.8, 4) is 6.07 Å². The van der Waals surface area contributed by atoms with Crippen molar-refractivity contribution in [2.24, 2.45) is 5.92 Å². The molecular weight excluding hydrogens is 192 g/mol. The zero-order chi connectivity index (χ0) is 10.6. The van der Waals surface area contributed by atoms with Crippen LogP contribution in [0.15, 0.2) is 0 Å². The van der Waals surface area contributed by atoms with Crippen molar-refractivity contribution in [2.45, 2.75) is 40.0 Å². The van der Waals surface area contributed by atoms with Gasteiger partial charge in [0.15, 0.2) is 0 Å². The topological polar surface area (TPSA) is 36.7 Å². The van der Waals surface area contributed by atoms with Gasteiger partial charge < -0.3 is 0 Å². The zero-order valence-corrected chi connectivity index (χ0v) is 9.82. The number of aryl methyl sites for hydroxylation is 2. The van der Waals surface area contributed by atoms with Crippen molar-refractivity contribution in [3.63, 3.8) is 0 Å². The quantitative estimate of drug-likeness (QED) is 0.762. The van der Waals surface area contributed by atoms with E-state index in [1.165, 1.54) is 10.6 Å². The van der Waals surface area contributed by atoms with Crippen LogP contribution in [-0.4, -0.2) is 4.98 Å². The van der Waals surface area contributed by atoms with Crippen molar-refractivity contribution in [2.75, 3.05) is 0 Å². The minimum absolute atomic E-state index is 0.577. The van der Waals surface area contributed by atoms with E-state index in [4.69, 9.17) is 5.26 Å². The van der Waals surface area contributed by atoms with Crippen LogP contribution in [0.25, 0.3) is 0 Å². The van der Waals surface area contributed by atoms with E-state index in [1.807, 2.05) is 0 Å².